The van der Waals surface area contributed by atoms with Crippen LogP contribution in [0.2, 0.25) is 0 Å². The zero-order valence-electron chi connectivity index (χ0n) is 14.7. The van der Waals surface area contributed by atoms with Gasteiger partial charge in [0, 0.05) is 25.2 Å². The van der Waals surface area contributed by atoms with Crippen LogP contribution in [-0.2, 0) is 0 Å². The number of halogens is 1. The number of carbonyl (C=O) groups excluding carboxylic acids is 1. The molecule has 0 radical (unpaired) electrons. The first-order chi connectivity index (χ1) is 12.3. The van der Waals surface area contributed by atoms with Crippen LogP contribution in [0, 0.1) is 5.92 Å². The Bertz CT molecular complexity index is 707. The van der Waals surface area contributed by atoms with E-state index in [2.05, 4.69) is 5.32 Å². The fourth-order valence-corrected chi connectivity index (χ4v) is 3.19. The molecule has 2 fully saturated rings. The smallest absolute Gasteiger partial charge is 0.290 e. The van der Waals surface area contributed by atoms with Gasteiger partial charge < -0.3 is 19.4 Å². The van der Waals surface area contributed by atoms with Crippen molar-refractivity contribution in [1.82, 2.24) is 10.2 Å². The van der Waals surface area contributed by atoms with Crippen molar-refractivity contribution in [2.45, 2.75) is 31.7 Å². The Morgan fingerprint density at radius 3 is 2.50 bits per heavy atom. The van der Waals surface area contributed by atoms with Gasteiger partial charge in [0.15, 0.2) is 5.76 Å². The lowest BCUT2D eigenvalue weighted by Gasteiger charge is -2.32. The van der Waals surface area contributed by atoms with Gasteiger partial charge in [0.05, 0.1) is 0 Å². The van der Waals surface area contributed by atoms with E-state index in [4.69, 9.17) is 9.15 Å². The molecule has 1 saturated heterocycles. The number of carbonyl (C=O) groups is 1. The quantitative estimate of drug-likeness (QED) is 0.824. The summed E-state index contributed by atoms with van der Waals surface area (Å²) in [5.74, 6) is 2.22. The second-order valence-corrected chi connectivity index (χ2v) is 6.95. The first kappa shape index (κ1) is 18.8. The largest absolute Gasteiger partial charge is 0.426 e. The van der Waals surface area contributed by atoms with Crippen molar-refractivity contribution in [3.8, 4) is 11.7 Å². The second kappa shape index (κ2) is 8.60. The maximum atomic E-state index is 12.6. The SMILES string of the molecule is Cl.O=C(c1ccc(Oc2ccccc2)o1)N1CCC(NCC2CC2)CC1. The van der Waals surface area contributed by atoms with Gasteiger partial charge in [-0.3, -0.25) is 4.79 Å². The van der Waals surface area contributed by atoms with E-state index >= 15 is 0 Å². The molecule has 1 aromatic carbocycles. The van der Waals surface area contributed by atoms with Crippen molar-refractivity contribution in [3.05, 3.63) is 48.2 Å². The summed E-state index contributed by atoms with van der Waals surface area (Å²) < 4.78 is 11.2. The predicted octanol–water partition coefficient (Wildman–Crippen LogP) is 4.10. The Labute approximate surface area is 160 Å². The zero-order valence-corrected chi connectivity index (χ0v) is 15.5. The molecule has 1 amide bonds. The first-order valence-corrected chi connectivity index (χ1v) is 9.13. The molecule has 2 aromatic rings. The molecular weight excluding hydrogens is 352 g/mol. The number of likely N-dealkylation sites (tertiary alicyclic amines) is 1. The molecule has 1 aromatic heterocycles. The summed E-state index contributed by atoms with van der Waals surface area (Å²) in [5.41, 5.74) is 0. The van der Waals surface area contributed by atoms with Crippen LogP contribution in [-0.4, -0.2) is 36.5 Å². The van der Waals surface area contributed by atoms with Crippen LogP contribution in [0.4, 0.5) is 0 Å². The van der Waals surface area contributed by atoms with Crippen LogP contribution in [0.5, 0.6) is 11.7 Å². The summed E-state index contributed by atoms with van der Waals surface area (Å²) in [7, 11) is 0. The molecule has 2 heterocycles. The maximum absolute atomic E-state index is 12.6. The lowest BCUT2D eigenvalue weighted by molar-refractivity contribution is 0.0668. The van der Waals surface area contributed by atoms with E-state index in [-0.39, 0.29) is 18.3 Å². The second-order valence-electron chi connectivity index (χ2n) is 6.95. The number of nitrogens with one attached hydrogen (secondary N) is 1. The molecule has 2 aliphatic rings. The Balaban J connectivity index is 0.00000196. The highest BCUT2D eigenvalue weighted by Gasteiger charge is 2.27. The molecule has 1 aliphatic heterocycles. The molecule has 1 saturated carbocycles. The molecule has 4 rings (SSSR count). The Morgan fingerprint density at radius 2 is 1.81 bits per heavy atom. The Hall–Kier alpha value is -1.98. The first-order valence-electron chi connectivity index (χ1n) is 9.13. The highest BCUT2D eigenvalue weighted by molar-refractivity contribution is 5.91. The fourth-order valence-electron chi connectivity index (χ4n) is 3.19. The van der Waals surface area contributed by atoms with Gasteiger partial charge in [-0.2, -0.15) is 0 Å². The zero-order chi connectivity index (χ0) is 17.1. The van der Waals surface area contributed by atoms with Crippen LogP contribution < -0.4 is 10.1 Å². The number of furan rings is 1. The number of hydrogen-bond donors (Lipinski definition) is 1. The number of hydrogen-bond acceptors (Lipinski definition) is 4. The molecular formula is C20H25ClN2O3. The molecule has 0 bridgehead atoms. The molecule has 1 N–H and O–H groups in total. The lowest BCUT2D eigenvalue weighted by Crippen LogP contribution is -2.45. The summed E-state index contributed by atoms with van der Waals surface area (Å²) >= 11 is 0. The Kier molecular flexibility index (Phi) is 6.22. The molecule has 1 aliphatic carbocycles. The van der Waals surface area contributed by atoms with Gasteiger partial charge in [0.25, 0.3) is 11.9 Å². The van der Waals surface area contributed by atoms with Crippen molar-refractivity contribution in [2.24, 2.45) is 5.92 Å². The average molecular weight is 377 g/mol. The minimum absolute atomic E-state index is 0. The average Bonchev–Trinajstić information content (AvgIpc) is 3.38. The summed E-state index contributed by atoms with van der Waals surface area (Å²) in [5, 5.41) is 3.63. The number of ether oxygens (including phenoxy) is 1. The third kappa shape index (κ3) is 4.80. The van der Waals surface area contributed by atoms with Gasteiger partial charge in [-0.15, -0.1) is 12.4 Å². The fraction of sp³-hybridized carbons (Fsp3) is 0.450. The van der Waals surface area contributed by atoms with Crippen LogP contribution in [0.1, 0.15) is 36.2 Å². The topological polar surface area (TPSA) is 54.7 Å². The molecule has 6 heteroatoms. The molecule has 0 unspecified atom stereocenters. The summed E-state index contributed by atoms with van der Waals surface area (Å²) in [6.45, 7) is 2.68. The molecule has 0 atom stereocenters. The third-order valence-corrected chi connectivity index (χ3v) is 4.93. The van der Waals surface area contributed by atoms with Crippen molar-refractivity contribution in [3.63, 3.8) is 0 Å². The standard InChI is InChI=1S/C20H24N2O3.ClH/c23-20(22-12-10-16(11-13-22)21-14-15-6-7-15)18-8-9-19(25-18)24-17-4-2-1-3-5-17;/h1-5,8-9,15-16,21H,6-7,10-14H2;1H. The summed E-state index contributed by atoms with van der Waals surface area (Å²) in [6.07, 6.45) is 4.76. The summed E-state index contributed by atoms with van der Waals surface area (Å²) in [4.78, 5) is 14.5. The van der Waals surface area contributed by atoms with E-state index in [1.165, 1.54) is 12.8 Å². The molecule has 140 valence electrons. The van der Waals surface area contributed by atoms with E-state index < -0.39 is 0 Å². The molecule has 26 heavy (non-hydrogen) atoms. The highest BCUT2D eigenvalue weighted by Crippen LogP contribution is 2.28. The van der Waals surface area contributed by atoms with E-state index in [1.54, 1.807) is 12.1 Å². The van der Waals surface area contributed by atoms with Crippen LogP contribution >= 0.6 is 12.4 Å². The van der Waals surface area contributed by atoms with Gasteiger partial charge in [-0.1, -0.05) is 18.2 Å². The minimum atomic E-state index is -0.0523. The number of piperidine rings is 1. The third-order valence-electron chi connectivity index (χ3n) is 4.93. The number of amides is 1. The normalized spacial score (nSPS) is 17.6. The van der Waals surface area contributed by atoms with E-state index in [1.807, 2.05) is 35.2 Å². The van der Waals surface area contributed by atoms with Crippen molar-refractivity contribution < 1.29 is 13.9 Å². The monoisotopic (exact) mass is 376 g/mol. The van der Waals surface area contributed by atoms with Crippen molar-refractivity contribution in [2.75, 3.05) is 19.6 Å². The lowest BCUT2D eigenvalue weighted by atomic mass is 10.0. The maximum Gasteiger partial charge on any atom is 0.290 e. The number of nitrogens with zero attached hydrogens (tertiary/aromatic N) is 1. The van der Waals surface area contributed by atoms with Gasteiger partial charge in [-0.25, -0.2) is 0 Å². The Morgan fingerprint density at radius 1 is 1.08 bits per heavy atom. The van der Waals surface area contributed by atoms with E-state index in [0.29, 0.717) is 23.5 Å². The van der Waals surface area contributed by atoms with Crippen LogP contribution in [0.15, 0.2) is 46.9 Å². The highest BCUT2D eigenvalue weighted by atomic mass is 35.5. The van der Waals surface area contributed by atoms with Crippen LogP contribution in [0.25, 0.3) is 0 Å². The van der Waals surface area contributed by atoms with Gasteiger partial charge in [-0.05, 0) is 56.3 Å². The number of para-hydroxylation sites is 1. The van der Waals surface area contributed by atoms with Crippen molar-refractivity contribution in [1.29, 1.82) is 0 Å². The predicted molar refractivity (Wildman–Crippen MR) is 102 cm³/mol. The van der Waals surface area contributed by atoms with E-state index in [9.17, 15) is 4.79 Å². The van der Waals surface area contributed by atoms with Gasteiger partial charge in [0.1, 0.15) is 5.75 Å². The van der Waals surface area contributed by atoms with Crippen LogP contribution in [0.3, 0.4) is 0 Å². The molecule has 0 spiro atoms. The van der Waals surface area contributed by atoms with Gasteiger partial charge in [0.2, 0.25) is 0 Å². The van der Waals surface area contributed by atoms with Gasteiger partial charge >= 0.3 is 0 Å². The van der Waals surface area contributed by atoms with E-state index in [0.717, 1.165) is 38.4 Å². The minimum Gasteiger partial charge on any atom is -0.426 e. The summed E-state index contributed by atoms with van der Waals surface area (Å²) in [6, 6.07) is 13.3. The van der Waals surface area contributed by atoms with Crippen molar-refractivity contribution >= 4 is 18.3 Å². The molecule has 5 nitrogen and oxygen atoms in total. The number of rotatable bonds is 6. The number of benzene rings is 1.